The van der Waals surface area contributed by atoms with Gasteiger partial charge < -0.3 is 10.4 Å². The first-order valence-electron chi connectivity index (χ1n) is 8.44. The van der Waals surface area contributed by atoms with E-state index in [-0.39, 0.29) is 6.61 Å². The molecule has 2 fully saturated rings. The van der Waals surface area contributed by atoms with Gasteiger partial charge in [0.1, 0.15) is 0 Å². The van der Waals surface area contributed by atoms with Gasteiger partial charge in [-0.25, -0.2) is 0 Å². The summed E-state index contributed by atoms with van der Waals surface area (Å²) in [6.45, 7) is 7.68. The fraction of sp³-hybridized carbons (Fsp3) is 0.684. The van der Waals surface area contributed by atoms with Crippen LogP contribution < -0.4 is 5.32 Å². The molecule has 1 aromatic carbocycles. The van der Waals surface area contributed by atoms with Gasteiger partial charge in [0.05, 0.1) is 0 Å². The second-order valence-corrected chi connectivity index (χ2v) is 7.83. The molecule has 3 unspecified atom stereocenters. The van der Waals surface area contributed by atoms with Crippen LogP contribution in [0.1, 0.15) is 52.0 Å². The molecule has 1 aromatic rings. The Bertz CT molecular complexity index is 510. The van der Waals surface area contributed by atoms with E-state index in [1.54, 1.807) is 0 Å². The molecular weight excluding hydrogens is 258 g/mol. The second kappa shape index (κ2) is 5.31. The predicted octanol–water partition coefficient (Wildman–Crippen LogP) is 4.24. The highest BCUT2D eigenvalue weighted by Crippen LogP contribution is 2.65. The maximum absolute atomic E-state index is 8.97. The summed E-state index contributed by atoms with van der Waals surface area (Å²) in [5.74, 6) is 0.873. The SMILES string of the molecule is CC1(C)C2CCC1(C)C(Nc1cccc(CCCO)c1)C2. The first-order valence-corrected chi connectivity index (χ1v) is 8.44. The van der Waals surface area contributed by atoms with E-state index < -0.39 is 0 Å². The molecule has 0 saturated heterocycles. The van der Waals surface area contributed by atoms with Crippen molar-refractivity contribution in [1.29, 1.82) is 0 Å². The summed E-state index contributed by atoms with van der Waals surface area (Å²) in [4.78, 5) is 0. The summed E-state index contributed by atoms with van der Waals surface area (Å²) in [7, 11) is 0. The second-order valence-electron chi connectivity index (χ2n) is 7.83. The molecule has 0 spiro atoms. The molecule has 2 aliphatic rings. The third-order valence-electron chi connectivity index (χ3n) is 6.69. The largest absolute Gasteiger partial charge is 0.396 e. The normalized spacial score (nSPS) is 33.3. The van der Waals surface area contributed by atoms with Gasteiger partial charge in [-0.15, -0.1) is 0 Å². The Kier molecular flexibility index (Phi) is 3.77. The molecule has 0 radical (unpaired) electrons. The van der Waals surface area contributed by atoms with Crippen molar-refractivity contribution in [3.8, 4) is 0 Å². The number of hydrogen-bond acceptors (Lipinski definition) is 2. The van der Waals surface area contributed by atoms with Crippen LogP contribution in [0.3, 0.4) is 0 Å². The van der Waals surface area contributed by atoms with Gasteiger partial charge in [0, 0.05) is 18.3 Å². The molecule has 0 aromatic heterocycles. The number of aryl methyl sites for hydroxylation is 1. The molecule has 3 atom stereocenters. The third kappa shape index (κ3) is 2.38. The van der Waals surface area contributed by atoms with Gasteiger partial charge in [-0.1, -0.05) is 32.9 Å². The Morgan fingerprint density at radius 1 is 1.29 bits per heavy atom. The van der Waals surface area contributed by atoms with Crippen molar-refractivity contribution in [3.63, 3.8) is 0 Å². The summed E-state index contributed by atoms with van der Waals surface area (Å²) in [6, 6.07) is 9.34. The number of aliphatic hydroxyl groups is 1. The van der Waals surface area contributed by atoms with Crippen molar-refractivity contribution < 1.29 is 5.11 Å². The molecule has 2 nitrogen and oxygen atoms in total. The summed E-state index contributed by atoms with van der Waals surface area (Å²) in [5, 5.41) is 12.8. The van der Waals surface area contributed by atoms with Crippen LogP contribution in [-0.4, -0.2) is 17.8 Å². The van der Waals surface area contributed by atoms with Crippen molar-refractivity contribution in [3.05, 3.63) is 29.8 Å². The number of hydrogen-bond donors (Lipinski definition) is 2. The lowest BCUT2D eigenvalue weighted by molar-refractivity contribution is 0.142. The van der Waals surface area contributed by atoms with E-state index in [9.17, 15) is 0 Å². The van der Waals surface area contributed by atoms with E-state index in [1.807, 2.05) is 0 Å². The van der Waals surface area contributed by atoms with E-state index >= 15 is 0 Å². The minimum atomic E-state index is 0.272. The lowest BCUT2D eigenvalue weighted by atomic mass is 9.69. The zero-order valence-corrected chi connectivity index (χ0v) is 13.7. The van der Waals surface area contributed by atoms with E-state index in [4.69, 9.17) is 5.11 Å². The monoisotopic (exact) mass is 287 g/mol. The summed E-state index contributed by atoms with van der Waals surface area (Å²) < 4.78 is 0. The first-order chi connectivity index (χ1) is 9.97. The van der Waals surface area contributed by atoms with Crippen LogP contribution in [0.15, 0.2) is 24.3 Å². The van der Waals surface area contributed by atoms with Crippen molar-refractivity contribution in [2.24, 2.45) is 16.7 Å². The van der Waals surface area contributed by atoms with Crippen LogP contribution in [0.2, 0.25) is 0 Å². The highest BCUT2D eigenvalue weighted by Gasteiger charge is 2.61. The molecule has 21 heavy (non-hydrogen) atoms. The maximum Gasteiger partial charge on any atom is 0.0434 e. The lowest BCUT2D eigenvalue weighted by Gasteiger charge is -2.40. The lowest BCUT2D eigenvalue weighted by Crippen LogP contribution is -2.40. The minimum absolute atomic E-state index is 0.272. The van der Waals surface area contributed by atoms with E-state index in [2.05, 4.69) is 50.4 Å². The molecule has 116 valence electrons. The van der Waals surface area contributed by atoms with Gasteiger partial charge in [-0.05, 0) is 66.5 Å². The molecule has 2 saturated carbocycles. The van der Waals surface area contributed by atoms with Crippen molar-refractivity contribution >= 4 is 5.69 Å². The smallest absolute Gasteiger partial charge is 0.0434 e. The summed E-state index contributed by atoms with van der Waals surface area (Å²) in [5.41, 5.74) is 3.44. The average molecular weight is 287 g/mol. The zero-order valence-electron chi connectivity index (χ0n) is 13.7. The predicted molar refractivity (Wildman–Crippen MR) is 88.5 cm³/mol. The first kappa shape index (κ1) is 14.9. The third-order valence-corrected chi connectivity index (χ3v) is 6.69. The van der Waals surface area contributed by atoms with Gasteiger partial charge in [0.15, 0.2) is 0 Å². The molecule has 0 amide bonds. The molecule has 2 heteroatoms. The van der Waals surface area contributed by atoms with Crippen LogP contribution in [0.4, 0.5) is 5.69 Å². The van der Waals surface area contributed by atoms with Crippen LogP contribution >= 0.6 is 0 Å². The molecule has 2 aliphatic carbocycles. The van der Waals surface area contributed by atoms with Crippen molar-refractivity contribution in [2.75, 3.05) is 11.9 Å². The van der Waals surface area contributed by atoms with E-state index in [1.165, 1.54) is 30.5 Å². The van der Waals surface area contributed by atoms with Crippen LogP contribution in [0, 0.1) is 16.7 Å². The molecular formula is C19H29NO. The van der Waals surface area contributed by atoms with Crippen molar-refractivity contribution in [2.45, 2.75) is 58.9 Å². The number of nitrogens with one attached hydrogen (secondary N) is 1. The number of benzene rings is 1. The maximum atomic E-state index is 8.97. The topological polar surface area (TPSA) is 32.3 Å². The molecule has 0 heterocycles. The molecule has 0 aliphatic heterocycles. The fourth-order valence-corrected chi connectivity index (χ4v) is 4.72. The van der Waals surface area contributed by atoms with Crippen molar-refractivity contribution in [1.82, 2.24) is 0 Å². The highest BCUT2D eigenvalue weighted by atomic mass is 16.2. The van der Waals surface area contributed by atoms with Gasteiger partial charge in [-0.3, -0.25) is 0 Å². The van der Waals surface area contributed by atoms with Gasteiger partial charge in [0.2, 0.25) is 0 Å². The Morgan fingerprint density at radius 3 is 2.71 bits per heavy atom. The Balaban J connectivity index is 1.73. The molecule has 3 rings (SSSR count). The molecule has 2 bridgehead atoms. The Hall–Kier alpha value is -1.02. The van der Waals surface area contributed by atoms with Crippen LogP contribution in [-0.2, 0) is 6.42 Å². The number of fused-ring (bicyclic) bond motifs is 2. The van der Waals surface area contributed by atoms with Crippen LogP contribution in [0.25, 0.3) is 0 Å². The van der Waals surface area contributed by atoms with Crippen LogP contribution in [0.5, 0.6) is 0 Å². The fourth-order valence-electron chi connectivity index (χ4n) is 4.72. The highest BCUT2D eigenvalue weighted by molar-refractivity contribution is 5.48. The van der Waals surface area contributed by atoms with Gasteiger partial charge >= 0.3 is 0 Å². The van der Waals surface area contributed by atoms with E-state index in [0.29, 0.717) is 16.9 Å². The summed E-state index contributed by atoms with van der Waals surface area (Å²) >= 11 is 0. The minimum Gasteiger partial charge on any atom is -0.396 e. The van der Waals surface area contributed by atoms with E-state index in [0.717, 1.165) is 18.8 Å². The average Bonchev–Trinajstić information content (AvgIpc) is 2.79. The Morgan fingerprint density at radius 2 is 2.10 bits per heavy atom. The Labute approximate surface area is 129 Å². The standard InChI is InChI=1S/C19H29NO/c1-18(2)15-9-10-19(18,3)17(13-15)20-16-8-4-6-14(12-16)7-5-11-21/h4,6,8,12,15,17,20-21H,5,7,9-11,13H2,1-3H3. The van der Waals surface area contributed by atoms with Gasteiger partial charge in [-0.2, -0.15) is 0 Å². The molecule has 2 N–H and O–H groups in total. The quantitative estimate of drug-likeness (QED) is 0.849. The number of aliphatic hydroxyl groups excluding tert-OH is 1. The van der Waals surface area contributed by atoms with Gasteiger partial charge in [0.25, 0.3) is 0 Å². The zero-order chi connectivity index (χ0) is 15.1. The number of rotatable bonds is 5. The number of anilines is 1. The summed E-state index contributed by atoms with van der Waals surface area (Å²) in [6.07, 6.45) is 5.87.